The molecule has 0 saturated carbocycles. The molecule has 1 aliphatic heterocycles. The Morgan fingerprint density at radius 3 is 2.81 bits per heavy atom. The number of para-hydroxylation sites is 1. The molecule has 1 aromatic carbocycles. The van der Waals surface area contributed by atoms with Crippen LogP contribution in [0.2, 0.25) is 0 Å². The van der Waals surface area contributed by atoms with Gasteiger partial charge in [0, 0.05) is 37.2 Å². The van der Waals surface area contributed by atoms with E-state index in [4.69, 9.17) is 4.74 Å². The highest BCUT2D eigenvalue weighted by molar-refractivity contribution is 5.65. The summed E-state index contributed by atoms with van der Waals surface area (Å²) in [6.07, 6.45) is 5.06. The number of aromatic nitrogens is 1. The Kier molecular flexibility index (Phi) is 5.94. The largest absolute Gasteiger partial charge is 0.496 e. The number of rotatable bonds is 6. The number of hydrogen-bond acceptors (Lipinski definition) is 4. The zero-order chi connectivity index (χ0) is 18.4. The van der Waals surface area contributed by atoms with Crippen molar-refractivity contribution in [3.8, 4) is 5.75 Å². The number of methoxy groups -OCH3 is 1. The number of nitrogens with one attached hydrogen (secondary N) is 1. The van der Waals surface area contributed by atoms with Gasteiger partial charge in [-0.15, -0.1) is 0 Å². The monoisotopic (exact) mass is 355 g/mol. The molecule has 2 atom stereocenters. The van der Waals surface area contributed by atoms with Crippen molar-refractivity contribution in [3.63, 3.8) is 0 Å². The summed E-state index contributed by atoms with van der Waals surface area (Å²) in [5, 5.41) is 13.0. The lowest BCUT2D eigenvalue weighted by molar-refractivity contribution is 0.0915. The number of amides is 1. The molecule has 6 nitrogen and oxygen atoms in total. The van der Waals surface area contributed by atoms with Crippen molar-refractivity contribution in [1.29, 1.82) is 0 Å². The minimum absolute atomic E-state index is 0.0400. The van der Waals surface area contributed by atoms with Crippen LogP contribution in [-0.4, -0.2) is 47.3 Å². The summed E-state index contributed by atoms with van der Waals surface area (Å²) in [6, 6.07) is 11.7. The molecule has 0 bridgehead atoms. The maximum atomic E-state index is 11.7. The molecule has 138 valence electrons. The van der Waals surface area contributed by atoms with Crippen LogP contribution < -0.4 is 10.1 Å². The number of piperidine rings is 1. The predicted molar refractivity (Wildman–Crippen MR) is 101 cm³/mol. The van der Waals surface area contributed by atoms with E-state index in [1.807, 2.05) is 36.4 Å². The van der Waals surface area contributed by atoms with Gasteiger partial charge in [0.1, 0.15) is 5.75 Å². The number of carbonyl (C=O) groups is 1. The first-order chi connectivity index (χ1) is 12.7. The van der Waals surface area contributed by atoms with Gasteiger partial charge >= 0.3 is 6.09 Å². The lowest BCUT2D eigenvalue weighted by atomic mass is 9.87. The number of nitrogens with zero attached hydrogens (tertiary/aromatic N) is 2. The molecule has 2 unspecified atom stereocenters. The molecule has 6 heteroatoms. The van der Waals surface area contributed by atoms with Crippen LogP contribution in [0.1, 0.15) is 18.4 Å². The van der Waals surface area contributed by atoms with Crippen molar-refractivity contribution in [3.05, 3.63) is 54.4 Å². The number of likely N-dealkylation sites (tertiary alicyclic amines) is 1. The third-order valence-electron chi connectivity index (χ3n) is 4.99. The van der Waals surface area contributed by atoms with Gasteiger partial charge in [0.2, 0.25) is 0 Å². The third-order valence-corrected chi connectivity index (χ3v) is 4.99. The third kappa shape index (κ3) is 4.45. The van der Waals surface area contributed by atoms with E-state index >= 15 is 0 Å². The van der Waals surface area contributed by atoms with Crippen molar-refractivity contribution < 1.29 is 14.6 Å². The first-order valence-electron chi connectivity index (χ1n) is 8.92. The number of ether oxygens (including phenoxy) is 1. The van der Waals surface area contributed by atoms with Crippen molar-refractivity contribution >= 4 is 11.8 Å². The van der Waals surface area contributed by atoms with Crippen LogP contribution in [0.4, 0.5) is 10.5 Å². The molecular weight excluding hydrogens is 330 g/mol. The van der Waals surface area contributed by atoms with Crippen LogP contribution >= 0.6 is 0 Å². The average molecular weight is 355 g/mol. The molecule has 2 aromatic rings. The van der Waals surface area contributed by atoms with Gasteiger partial charge in [0.05, 0.1) is 7.11 Å². The minimum Gasteiger partial charge on any atom is -0.496 e. The zero-order valence-electron chi connectivity index (χ0n) is 15.0. The quantitative estimate of drug-likeness (QED) is 0.829. The number of hydrogen-bond donors (Lipinski definition) is 2. The second-order valence-corrected chi connectivity index (χ2v) is 6.65. The summed E-state index contributed by atoms with van der Waals surface area (Å²) in [5.41, 5.74) is 2.09. The lowest BCUT2D eigenvalue weighted by Gasteiger charge is -2.38. The van der Waals surface area contributed by atoms with Gasteiger partial charge in [-0.3, -0.25) is 4.98 Å². The predicted octanol–water partition coefficient (Wildman–Crippen LogP) is 3.50. The summed E-state index contributed by atoms with van der Waals surface area (Å²) in [5.74, 6) is 1.24. The molecular formula is C20H25N3O3. The average Bonchev–Trinajstić information content (AvgIpc) is 2.67. The van der Waals surface area contributed by atoms with Crippen molar-refractivity contribution in [1.82, 2.24) is 9.88 Å². The van der Waals surface area contributed by atoms with Gasteiger partial charge in [-0.2, -0.15) is 0 Å². The van der Waals surface area contributed by atoms with Gasteiger partial charge in [0.25, 0.3) is 0 Å². The molecule has 0 radical (unpaired) electrons. The van der Waals surface area contributed by atoms with Gasteiger partial charge in [0.15, 0.2) is 0 Å². The molecule has 0 spiro atoms. The van der Waals surface area contributed by atoms with Crippen LogP contribution in [0.15, 0.2) is 48.8 Å². The van der Waals surface area contributed by atoms with E-state index in [9.17, 15) is 9.90 Å². The van der Waals surface area contributed by atoms with Gasteiger partial charge in [-0.1, -0.05) is 18.2 Å². The van der Waals surface area contributed by atoms with Crippen LogP contribution in [-0.2, 0) is 6.42 Å². The van der Waals surface area contributed by atoms with Crippen LogP contribution in [0.3, 0.4) is 0 Å². The van der Waals surface area contributed by atoms with Crippen LogP contribution in [0.25, 0.3) is 0 Å². The molecule has 1 saturated heterocycles. The lowest BCUT2D eigenvalue weighted by Crippen LogP contribution is -2.47. The standard InChI is InChI=1S/C20H25N3O3/c1-26-19-5-3-2-4-16(19)13-18-12-15(8-11-23(18)20(24)25)14-22-17-6-9-21-10-7-17/h2-7,9-10,15,18H,8,11-14H2,1H3,(H,21,22)(H,24,25). The first-order valence-corrected chi connectivity index (χ1v) is 8.92. The molecule has 1 aliphatic rings. The summed E-state index contributed by atoms with van der Waals surface area (Å²) < 4.78 is 5.43. The molecule has 1 amide bonds. The van der Waals surface area contributed by atoms with Gasteiger partial charge in [-0.05, 0) is 48.9 Å². The summed E-state index contributed by atoms with van der Waals surface area (Å²) in [7, 11) is 1.65. The number of anilines is 1. The van der Waals surface area contributed by atoms with Crippen molar-refractivity contribution in [2.75, 3.05) is 25.5 Å². The molecule has 2 heterocycles. The van der Waals surface area contributed by atoms with E-state index in [1.165, 1.54) is 0 Å². The van der Waals surface area contributed by atoms with E-state index in [1.54, 1.807) is 24.4 Å². The Morgan fingerprint density at radius 2 is 2.08 bits per heavy atom. The fraction of sp³-hybridized carbons (Fsp3) is 0.400. The minimum atomic E-state index is -0.842. The van der Waals surface area contributed by atoms with Gasteiger partial charge in [-0.25, -0.2) is 4.79 Å². The maximum Gasteiger partial charge on any atom is 0.407 e. The SMILES string of the molecule is COc1ccccc1CC1CC(CNc2ccncc2)CCN1C(=O)O. The van der Waals surface area contributed by atoms with E-state index in [-0.39, 0.29) is 6.04 Å². The zero-order valence-corrected chi connectivity index (χ0v) is 15.0. The Morgan fingerprint density at radius 1 is 1.31 bits per heavy atom. The first kappa shape index (κ1) is 18.0. The molecule has 1 aromatic heterocycles. The number of pyridine rings is 1. The Labute approximate surface area is 153 Å². The highest BCUT2D eigenvalue weighted by Gasteiger charge is 2.32. The van der Waals surface area contributed by atoms with E-state index in [0.29, 0.717) is 18.9 Å². The Hall–Kier alpha value is -2.76. The number of carboxylic acid groups (broad SMARTS) is 1. The second-order valence-electron chi connectivity index (χ2n) is 6.65. The highest BCUT2D eigenvalue weighted by atomic mass is 16.5. The fourth-order valence-electron chi connectivity index (χ4n) is 3.62. The second kappa shape index (κ2) is 8.56. The summed E-state index contributed by atoms with van der Waals surface area (Å²) >= 11 is 0. The van der Waals surface area contributed by atoms with E-state index in [0.717, 1.165) is 36.4 Å². The summed E-state index contributed by atoms with van der Waals surface area (Å²) in [6.45, 7) is 1.40. The van der Waals surface area contributed by atoms with Crippen LogP contribution in [0, 0.1) is 5.92 Å². The van der Waals surface area contributed by atoms with Crippen LogP contribution in [0.5, 0.6) is 5.75 Å². The molecule has 0 aliphatic carbocycles. The number of benzene rings is 1. The normalized spacial score (nSPS) is 19.8. The Bertz CT molecular complexity index is 723. The topological polar surface area (TPSA) is 74.7 Å². The molecule has 2 N–H and O–H groups in total. The maximum absolute atomic E-state index is 11.7. The van der Waals surface area contributed by atoms with E-state index in [2.05, 4.69) is 10.3 Å². The molecule has 1 fully saturated rings. The highest BCUT2D eigenvalue weighted by Crippen LogP contribution is 2.29. The summed E-state index contributed by atoms with van der Waals surface area (Å²) in [4.78, 5) is 17.3. The van der Waals surface area contributed by atoms with E-state index < -0.39 is 6.09 Å². The molecule has 26 heavy (non-hydrogen) atoms. The van der Waals surface area contributed by atoms with Crippen molar-refractivity contribution in [2.45, 2.75) is 25.3 Å². The smallest absolute Gasteiger partial charge is 0.407 e. The molecule has 3 rings (SSSR count). The van der Waals surface area contributed by atoms with Crippen molar-refractivity contribution in [2.24, 2.45) is 5.92 Å². The Balaban J connectivity index is 1.67. The van der Waals surface area contributed by atoms with Gasteiger partial charge < -0.3 is 20.1 Å². The fourth-order valence-corrected chi connectivity index (χ4v) is 3.62.